The molecule has 1 saturated heterocycles. The number of rotatable bonds is 4. The Morgan fingerprint density at radius 3 is 2.47 bits per heavy atom. The van der Waals surface area contributed by atoms with E-state index in [2.05, 4.69) is 4.52 Å². The van der Waals surface area contributed by atoms with Crippen LogP contribution in [0.3, 0.4) is 0 Å². The Morgan fingerprint density at radius 1 is 1.41 bits per heavy atom. The Bertz CT molecular complexity index is 304. The van der Waals surface area contributed by atoms with Crippen molar-refractivity contribution in [2.45, 2.75) is 18.0 Å². The monoisotopic (exact) mass is 274 g/mol. The van der Waals surface area contributed by atoms with E-state index in [0.717, 1.165) is 0 Å². The summed E-state index contributed by atoms with van der Waals surface area (Å²) < 4.78 is 19.2. The number of phosphoric ester groups is 1. The molecule has 1 rings (SSSR count). The van der Waals surface area contributed by atoms with Gasteiger partial charge in [-0.25, -0.2) is 4.57 Å². The van der Waals surface area contributed by atoms with E-state index in [1.807, 2.05) is 0 Å². The molecule has 102 valence electrons. The molecule has 0 radical (unpaired) electrons. The maximum absolute atomic E-state index is 10.4. The summed E-state index contributed by atoms with van der Waals surface area (Å²) in [6.45, 7) is -1.75. The van der Waals surface area contributed by atoms with Crippen molar-refractivity contribution in [1.82, 2.24) is 0 Å². The van der Waals surface area contributed by atoms with Crippen LogP contribution in [0.4, 0.5) is 0 Å². The van der Waals surface area contributed by atoms with Gasteiger partial charge in [0.2, 0.25) is 5.79 Å². The average molecular weight is 274 g/mol. The molecular formula is C7H15O9P. The van der Waals surface area contributed by atoms with Crippen LogP contribution in [-0.4, -0.2) is 68.0 Å². The second kappa shape index (κ2) is 5.27. The Morgan fingerprint density at radius 2 is 2.00 bits per heavy atom. The molecule has 0 bridgehead atoms. The molecule has 1 heterocycles. The highest BCUT2D eigenvalue weighted by atomic mass is 31.2. The van der Waals surface area contributed by atoms with Crippen molar-refractivity contribution in [3.63, 3.8) is 0 Å². The molecule has 1 aliphatic rings. The Hall–Kier alpha value is -0.0900. The van der Waals surface area contributed by atoms with Crippen molar-refractivity contribution >= 4 is 7.82 Å². The molecule has 0 spiro atoms. The number of aliphatic hydroxyl groups is 4. The fraction of sp³-hybridized carbons (Fsp3) is 1.00. The highest BCUT2D eigenvalue weighted by molar-refractivity contribution is 7.46. The summed E-state index contributed by atoms with van der Waals surface area (Å²) in [4.78, 5) is 16.9. The molecule has 10 heteroatoms. The van der Waals surface area contributed by atoms with Crippen LogP contribution in [-0.2, 0) is 13.8 Å². The zero-order chi connectivity index (χ0) is 13.3. The summed E-state index contributed by atoms with van der Waals surface area (Å²) in [5.41, 5.74) is 0. The molecule has 9 nitrogen and oxygen atoms in total. The van der Waals surface area contributed by atoms with Crippen molar-refractivity contribution in [3.05, 3.63) is 0 Å². The predicted molar refractivity (Wildman–Crippen MR) is 51.5 cm³/mol. The molecule has 0 saturated carbocycles. The SMILES string of the molecule is O=P(O)(O)OC[C@@]1(O)OC[C@H](CO)[C@@H](O)[C@@H]1O. The smallest absolute Gasteiger partial charge is 0.396 e. The molecule has 17 heavy (non-hydrogen) atoms. The molecule has 6 N–H and O–H groups in total. The van der Waals surface area contributed by atoms with Gasteiger partial charge in [-0.05, 0) is 0 Å². The quantitative estimate of drug-likeness (QED) is 0.297. The van der Waals surface area contributed by atoms with E-state index in [0.29, 0.717) is 0 Å². The van der Waals surface area contributed by atoms with Crippen LogP contribution in [0.5, 0.6) is 0 Å². The maximum Gasteiger partial charge on any atom is 0.469 e. The van der Waals surface area contributed by atoms with E-state index in [1.54, 1.807) is 0 Å². The number of hydrogen-bond donors (Lipinski definition) is 6. The van der Waals surface area contributed by atoms with Gasteiger partial charge in [0.25, 0.3) is 0 Å². The Balaban J connectivity index is 2.67. The van der Waals surface area contributed by atoms with Crippen LogP contribution in [0.25, 0.3) is 0 Å². The predicted octanol–water partition coefficient (Wildman–Crippen LogP) is -2.86. The highest BCUT2D eigenvalue weighted by Crippen LogP contribution is 2.38. The van der Waals surface area contributed by atoms with Crippen LogP contribution in [0, 0.1) is 5.92 Å². The number of ether oxygens (including phenoxy) is 1. The third kappa shape index (κ3) is 3.68. The molecule has 0 aromatic carbocycles. The lowest BCUT2D eigenvalue weighted by Crippen LogP contribution is -2.61. The first-order valence-electron chi connectivity index (χ1n) is 4.73. The Labute approximate surface area is 96.5 Å². The number of hydrogen-bond acceptors (Lipinski definition) is 7. The molecule has 0 amide bonds. The van der Waals surface area contributed by atoms with Crippen LogP contribution >= 0.6 is 7.82 Å². The zero-order valence-electron chi connectivity index (χ0n) is 8.71. The van der Waals surface area contributed by atoms with E-state index in [1.165, 1.54) is 0 Å². The van der Waals surface area contributed by atoms with Crippen LogP contribution in [0.15, 0.2) is 0 Å². The molecule has 4 atom stereocenters. The second-order valence-corrected chi connectivity index (χ2v) is 5.04. The summed E-state index contributed by atoms with van der Waals surface area (Å²) in [5.74, 6) is -3.22. The summed E-state index contributed by atoms with van der Waals surface area (Å²) in [7, 11) is -4.83. The minimum absolute atomic E-state index is 0.282. The van der Waals surface area contributed by atoms with Gasteiger partial charge in [-0.2, -0.15) is 0 Å². The number of aliphatic hydroxyl groups excluding tert-OH is 3. The summed E-state index contributed by atoms with van der Waals surface area (Å²) in [5, 5.41) is 37.6. The van der Waals surface area contributed by atoms with Gasteiger partial charge in [0.05, 0.1) is 19.3 Å². The lowest BCUT2D eigenvalue weighted by Gasteiger charge is -2.42. The highest BCUT2D eigenvalue weighted by Gasteiger charge is 2.49. The first-order valence-corrected chi connectivity index (χ1v) is 6.26. The third-order valence-electron chi connectivity index (χ3n) is 2.49. The fourth-order valence-corrected chi connectivity index (χ4v) is 1.78. The van der Waals surface area contributed by atoms with E-state index >= 15 is 0 Å². The first kappa shape index (κ1) is 15.0. The van der Waals surface area contributed by atoms with Crippen molar-refractivity contribution in [1.29, 1.82) is 0 Å². The Kier molecular flexibility index (Phi) is 4.64. The van der Waals surface area contributed by atoms with Crippen molar-refractivity contribution in [2.75, 3.05) is 19.8 Å². The molecular weight excluding hydrogens is 259 g/mol. The maximum atomic E-state index is 10.4. The standard InChI is InChI=1S/C7H15O9P/c8-1-4-2-15-7(11,6(10)5(4)9)3-16-17(12,13)14/h4-6,8-11H,1-3H2,(H2,12,13,14)/t4-,5+,6-,7+/m0/s1. The molecule has 0 unspecified atom stereocenters. The normalized spacial score (nSPS) is 39.3. The molecule has 1 aliphatic heterocycles. The van der Waals surface area contributed by atoms with Gasteiger partial charge in [-0.15, -0.1) is 0 Å². The van der Waals surface area contributed by atoms with Gasteiger partial charge in [-0.1, -0.05) is 0 Å². The topological polar surface area (TPSA) is 157 Å². The van der Waals surface area contributed by atoms with Gasteiger partial charge in [0, 0.05) is 5.92 Å². The van der Waals surface area contributed by atoms with Crippen molar-refractivity contribution in [2.24, 2.45) is 5.92 Å². The van der Waals surface area contributed by atoms with Gasteiger partial charge in [-0.3, -0.25) is 4.52 Å². The van der Waals surface area contributed by atoms with Crippen LogP contribution in [0.2, 0.25) is 0 Å². The van der Waals surface area contributed by atoms with Crippen LogP contribution in [0.1, 0.15) is 0 Å². The van der Waals surface area contributed by atoms with E-state index in [-0.39, 0.29) is 6.61 Å². The van der Waals surface area contributed by atoms with Crippen LogP contribution < -0.4 is 0 Å². The molecule has 0 aromatic heterocycles. The van der Waals surface area contributed by atoms with Gasteiger partial charge < -0.3 is 34.9 Å². The van der Waals surface area contributed by atoms with Gasteiger partial charge >= 0.3 is 7.82 Å². The lowest BCUT2D eigenvalue weighted by molar-refractivity contribution is -0.324. The van der Waals surface area contributed by atoms with Crippen molar-refractivity contribution in [3.8, 4) is 0 Å². The second-order valence-electron chi connectivity index (χ2n) is 3.80. The fourth-order valence-electron chi connectivity index (χ4n) is 1.42. The van der Waals surface area contributed by atoms with E-state index in [4.69, 9.17) is 19.6 Å². The van der Waals surface area contributed by atoms with E-state index < -0.39 is 44.9 Å². The zero-order valence-corrected chi connectivity index (χ0v) is 9.60. The summed E-state index contributed by atoms with van der Waals surface area (Å²) >= 11 is 0. The summed E-state index contributed by atoms with van der Waals surface area (Å²) in [6, 6.07) is 0. The van der Waals surface area contributed by atoms with Crippen molar-refractivity contribution < 1.29 is 44.0 Å². The van der Waals surface area contributed by atoms with E-state index in [9.17, 15) is 19.9 Å². The van der Waals surface area contributed by atoms with Gasteiger partial charge in [0.15, 0.2) is 0 Å². The molecule has 0 aromatic rings. The first-order chi connectivity index (χ1) is 7.69. The minimum Gasteiger partial charge on any atom is -0.396 e. The molecule has 1 fully saturated rings. The third-order valence-corrected chi connectivity index (χ3v) is 2.96. The van der Waals surface area contributed by atoms with Gasteiger partial charge in [0.1, 0.15) is 12.7 Å². The molecule has 0 aliphatic carbocycles. The average Bonchev–Trinajstić information content (AvgIpc) is 2.23. The number of phosphoric acid groups is 1. The largest absolute Gasteiger partial charge is 0.469 e. The lowest BCUT2D eigenvalue weighted by atomic mass is 9.91. The minimum atomic E-state index is -4.83. The summed E-state index contributed by atoms with van der Waals surface area (Å²) in [6.07, 6.45) is -3.33.